The van der Waals surface area contributed by atoms with Gasteiger partial charge in [0, 0.05) is 20.9 Å². The minimum absolute atomic E-state index is 1.08. The third-order valence-electron chi connectivity index (χ3n) is 6.29. The first-order valence-electron chi connectivity index (χ1n) is 12.6. The van der Waals surface area contributed by atoms with Crippen molar-refractivity contribution in [2.24, 2.45) is 0 Å². The molecule has 0 N–H and O–H groups in total. The van der Waals surface area contributed by atoms with E-state index in [0.29, 0.717) is 0 Å². The van der Waals surface area contributed by atoms with Gasteiger partial charge < -0.3 is 0 Å². The summed E-state index contributed by atoms with van der Waals surface area (Å²) in [5.41, 5.74) is 5.01. The van der Waals surface area contributed by atoms with Crippen LogP contribution in [-0.4, -0.2) is 9.97 Å². The van der Waals surface area contributed by atoms with Gasteiger partial charge in [-0.05, 0) is 48.6 Å². The van der Waals surface area contributed by atoms with Crippen LogP contribution in [0, 0.1) is 0 Å². The Morgan fingerprint density at radius 2 is 1.09 bits per heavy atom. The maximum atomic E-state index is 5.29. The van der Waals surface area contributed by atoms with E-state index in [2.05, 4.69) is 48.9 Å². The molecular formula is C28H32N2S4. The second-order valence-corrected chi connectivity index (χ2v) is 13.0. The molecule has 0 aliphatic carbocycles. The summed E-state index contributed by atoms with van der Waals surface area (Å²) in [7, 11) is 0. The van der Waals surface area contributed by atoms with E-state index in [1.807, 2.05) is 45.3 Å². The average molecular weight is 525 g/mol. The van der Waals surface area contributed by atoms with Crippen LogP contribution in [-0.2, 0) is 12.8 Å². The minimum Gasteiger partial charge on any atom is -0.240 e. The summed E-state index contributed by atoms with van der Waals surface area (Å²) >= 11 is 7.46. The molecule has 0 saturated heterocycles. The third kappa shape index (κ3) is 5.01. The van der Waals surface area contributed by atoms with E-state index in [-0.39, 0.29) is 0 Å². The van der Waals surface area contributed by atoms with Crippen molar-refractivity contribution in [3.05, 3.63) is 45.0 Å². The molecule has 4 aromatic heterocycles. The van der Waals surface area contributed by atoms with Crippen molar-refractivity contribution in [1.82, 2.24) is 9.97 Å². The van der Waals surface area contributed by atoms with Gasteiger partial charge in [-0.1, -0.05) is 64.5 Å². The number of unbranched alkanes of at least 4 members (excludes halogenated alkanes) is 6. The first kappa shape index (κ1) is 24.1. The van der Waals surface area contributed by atoms with Gasteiger partial charge in [-0.25, -0.2) is 9.97 Å². The Kier molecular flexibility index (Phi) is 8.10. The number of nitrogens with zero attached hydrogens (tertiary/aromatic N) is 2. The number of aromatic nitrogens is 2. The number of thiophene rings is 2. The molecule has 34 heavy (non-hydrogen) atoms. The van der Waals surface area contributed by atoms with Gasteiger partial charge in [0.25, 0.3) is 0 Å². The van der Waals surface area contributed by atoms with E-state index in [9.17, 15) is 0 Å². The summed E-state index contributed by atoms with van der Waals surface area (Å²) in [4.78, 5) is 13.2. The maximum Gasteiger partial charge on any atom is 0.0939 e. The quantitative estimate of drug-likeness (QED) is 0.152. The van der Waals surface area contributed by atoms with Crippen LogP contribution in [0.3, 0.4) is 0 Å². The fourth-order valence-electron chi connectivity index (χ4n) is 4.54. The third-order valence-corrected chi connectivity index (χ3v) is 10.3. The topological polar surface area (TPSA) is 25.8 Å². The lowest BCUT2D eigenvalue weighted by atomic mass is 10.1. The molecule has 6 heteroatoms. The highest BCUT2D eigenvalue weighted by Crippen LogP contribution is 2.49. The summed E-state index contributed by atoms with van der Waals surface area (Å²) in [5.74, 6) is 0. The predicted octanol–water partition coefficient (Wildman–Crippen LogP) is 10.6. The summed E-state index contributed by atoms with van der Waals surface area (Å²) in [5, 5.41) is 6.92. The molecular weight excluding hydrogens is 493 g/mol. The van der Waals surface area contributed by atoms with Gasteiger partial charge in [0.05, 0.1) is 30.4 Å². The van der Waals surface area contributed by atoms with Crippen molar-refractivity contribution in [3.8, 4) is 20.9 Å². The number of thiazole rings is 2. The van der Waals surface area contributed by atoms with Crippen LogP contribution in [0.4, 0.5) is 0 Å². The highest BCUT2D eigenvalue weighted by molar-refractivity contribution is 7.23. The van der Waals surface area contributed by atoms with Gasteiger partial charge in [0.15, 0.2) is 0 Å². The van der Waals surface area contributed by atoms with Crippen LogP contribution < -0.4 is 0 Å². The molecule has 1 aromatic carbocycles. The van der Waals surface area contributed by atoms with Gasteiger partial charge in [-0.3, -0.25) is 0 Å². The predicted molar refractivity (Wildman–Crippen MR) is 155 cm³/mol. The van der Waals surface area contributed by atoms with Crippen LogP contribution in [0.15, 0.2) is 35.0 Å². The van der Waals surface area contributed by atoms with Gasteiger partial charge in [0.2, 0.25) is 0 Å². The Hall–Kier alpha value is -1.60. The zero-order valence-electron chi connectivity index (χ0n) is 20.1. The highest BCUT2D eigenvalue weighted by Gasteiger charge is 2.24. The molecule has 5 rings (SSSR count). The second kappa shape index (κ2) is 11.4. The van der Waals surface area contributed by atoms with Crippen molar-refractivity contribution in [3.63, 3.8) is 0 Å². The average Bonchev–Trinajstić information content (AvgIpc) is 3.65. The fraction of sp³-hybridized carbons (Fsp3) is 0.429. The lowest BCUT2D eigenvalue weighted by molar-refractivity contribution is 0.666. The van der Waals surface area contributed by atoms with Crippen LogP contribution in [0.5, 0.6) is 0 Å². The van der Waals surface area contributed by atoms with E-state index in [1.54, 1.807) is 0 Å². The van der Waals surface area contributed by atoms with Crippen LogP contribution in [0.25, 0.3) is 41.3 Å². The smallest absolute Gasteiger partial charge is 0.0939 e. The van der Waals surface area contributed by atoms with E-state index < -0.39 is 0 Å². The molecule has 178 valence electrons. The standard InChI is InChI=1S/C28H32N2S4/c1-3-5-7-9-15-21-29-25-23(19-13-11-17-31-19)28-26(30-22(34-28)16-10-8-6-4-2)24(27(25)33-21)20-14-12-18-32-20/h11-14,17-18H,3-10,15-16H2,1-2H3. The first-order chi connectivity index (χ1) is 16.8. The van der Waals surface area contributed by atoms with Crippen LogP contribution in [0.2, 0.25) is 0 Å². The number of aryl methyl sites for hydroxylation is 2. The monoisotopic (exact) mass is 524 g/mol. The highest BCUT2D eigenvalue weighted by atomic mass is 32.1. The maximum absolute atomic E-state index is 5.29. The van der Waals surface area contributed by atoms with Crippen molar-refractivity contribution in [1.29, 1.82) is 0 Å². The number of hydrogen-bond donors (Lipinski definition) is 0. The van der Waals surface area contributed by atoms with Gasteiger partial charge in [0.1, 0.15) is 0 Å². The Labute approximate surface area is 218 Å². The van der Waals surface area contributed by atoms with Crippen molar-refractivity contribution < 1.29 is 0 Å². The molecule has 4 heterocycles. The molecule has 5 aromatic rings. The van der Waals surface area contributed by atoms with Gasteiger partial charge >= 0.3 is 0 Å². The lowest BCUT2D eigenvalue weighted by Crippen LogP contribution is -1.87. The molecule has 0 aliphatic heterocycles. The van der Waals surface area contributed by atoms with Gasteiger partial charge in [-0.15, -0.1) is 45.3 Å². The number of rotatable bonds is 12. The molecule has 0 spiro atoms. The molecule has 2 nitrogen and oxygen atoms in total. The molecule has 0 bridgehead atoms. The van der Waals surface area contributed by atoms with Crippen LogP contribution in [0.1, 0.15) is 75.2 Å². The number of benzene rings is 1. The second-order valence-electron chi connectivity index (χ2n) is 8.90. The summed E-state index contributed by atoms with van der Waals surface area (Å²) < 4.78 is 2.65. The van der Waals surface area contributed by atoms with Gasteiger partial charge in [-0.2, -0.15) is 0 Å². The Bertz CT molecular complexity index is 1170. The van der Waals surface area contributed by atoms with Crippen molar-refractivity contribution in [2.45, 2.75) is 78.1 Å². The zero-order valence-corrected chi connectivity index (χ0v) is 23.3. The summed E-state index contributed by atoms with van der Waals surface area (Å²) in [6.45, 7) is 4.55. The minimum atomic E-state index is 1.08. The molecule has 0 saturated carbocycles. The Balaban J connectivity index is 1.67. The molecule has 0 unspecified atom stereocenters. The van der Waals surface area contributed by atoms with E-state index >= 15 is 0 Å². The summed E-state index contributed by atoms with van der Waals surface area (Å²) in [6, 6.07) is 8.83. The van der Waals surface area contributed by atoms with E-state index in [0.717, 1.165) is 12.8 Å². The molecule has 0 fully saturated rings. The molecule has 0 atom stereocenters. The normalized spacial score (nSPS) is 11.8. The Morgan fingerprint density at radius 1 is 0.618 bits per heavy atom. The molecule has 0 aliphatic rings. The Morgan fingerprint density at radius 3 is 1.47 bits per heavy atom. The van der Waals surface area contributed by atoms with E-state index in [4.69, 9.17) is 9.97 Å². The number of fused-ring (bicyclic) bond motifs is 2. The largest absolute Gasteiger partial charge is 0.240 e. The molecule has 0 amide bonds. The van der Waals surface area contributed by atoms with E-state index in [1.165, 1.54) is 103 Å². The summed E-state index contributed by atoms with van der Waals surface area (Å²) in [6.07, 6.45) is 12.4. The van der Waals surface area contributed by atoms with Crippen molar-refractivity contribution >= 4 is 65.8 Å². The molecule has 0 radical (unpaired) electrons. The zero-order chi connectivity index (χ0) is 23.3. The number of hydrogen-bond acceptors (Lipinski definition) is 6. The SMILES string of the molecule is CCCCCCc1nc2c(-c3cccs3)c3sc(CCCCCC)nc3c(-c3cccs3)c2s1. The van der Waals surface area contributed by atoms with Crippen LogP contribution >= 0.6 is 45.3 Å². The first-order valence-corrected chi connectivity index (χ1v) is 16.0. The fourth-order valence-corrected chi connectivity index (χ4v) is 8.57. The van der Waals surface area contributed by atoms with Crippen molar-refractivity contribution in [2.75, 3.05) is 0 Å². The lowest BCUT2D eigenvalue weighted by Gasteiger charge is -2.07.